The van der Waals surface area contributed by atoms with Gasteiger partial charge in [-0.3, -0.25) is 0 Å². The van der Waals surface area contributed by atoms with Crippen LogP contribution in [-0.4, -0.2) is 22.5 Å². The molecule has 1 N–H and O–H groups in total. The van der Waals surface area contributed by atoms with Crippen LogP contribution >= 0.6 is 0 Å². The molecular formula is C17H16F3N3O2. The van der Waals surface area contributed by atoms with Crippen LogP contribution in [0.15, 0.2) is 36.7 Å². The number of aromatic nitrogens is 2. The highest BCUT2D eigenvalue weighted by Gasteiger charge is 2.45. The number of benzene rings is 1. The molecule has 0 saturated heterocycles. The quantitative estimate of drug-likeness (QED) is 0.831. The molecule has 0 radical (unpaired) electrons. The second-order valence-corrected chi connectivity index (χ2v) is 5.80. The molecule has 0 aliphatic heterocycles. The minimum atomic E-state index is -4.35. The molecule has 0 unspecified atom stereocenters. The summed E-state index contributed by atoms with van der Waals surface area (Å²) in [5.74, 6) is -0.191. The van der Waals surface area contributed by atoms with Gasteiger partial charge in [0.05, 0.1) is 23.3 Å². The Balaban J connectivity index is 1.73. The van der Waals surface area contributed by atoms with Crippen LogP contribution in [-0.2, 0) is 16.5 Å². The van der Waals surface area contributed by atoms with Crippen molar-refractivity contribution in [1.82, 2.24) is 9.97 Å². The number of carbonyl (C=O) groups excluding carboxylic acids is 1. The smallest absolute Gasteiger partial charge is 0.416 e. The summed E-state index contributed by atoms with van der Waals surface area (Å²) in [6.45, 7) is 1.96. The first-order valence-corrected chi connectivity index (χ1v) is 7.79. The Hall–Kier alpha value is -2.64. The largest absolute Gasteiger partial charge is 0.462 e. The van der Waals surface area contributed by atoms with Crippen molar-refractivity contribution < 1.29 is 22.7 Å². The summed E-state index contributed by atoms with van der Waals surface area (Å²) in [5, 5.41) is 3.15. The fraction of sp³-hybridized carbons (Fsp3) is 0.353. The van der Waals surface area contributed by atoms with Gasteiger partial charge in [-0.25, -0.2) is 14.8 Å². The third-order valence-electron chi connectivity index (χ3n) is 4.03. The van der Waals surface area contributed by atoms with E-state index in [0.717, 1.165) is 30.5 Å². The van der Waals surface area contributed by atoms with Gasteiger partial charge in [0.2, 0.25) is 5.95 Å². The Labute approximate surface area is 142 Å². The molecule has 2 aromatic rings. The fourth-order valence-corrected chi connectivity index (χ4v) is 2.52. The zero-order chi connectivity index (χ0) is 18.1. The van der Waals surface area contributed by atoms with Crippen molar-refractivity contribution in [2.75, 3.05) is 11.9 Å². The maximum atomic E-state index is 12.7. The Morgan fingerprint density at radius 2 is 1.80 bits per heavy atom. The van der Waals surface area contributed by atoms with Crippen LogP contribution in [0.5, 0.6) is 0 Å². The maximum absolute atomic E-state index is 12.7. The van der Waals surface area contributed by atoms with Crippen LogP contribution < -0.4 is 5.32 Å². The van der Waals surface area contributed by atoms with E-state index in [9.17, 15) is 18.0 Å². The van der Waals surface area contributed by atoms with Crippen molar-refractivity contribution in [1.29, 1.82) is 0 Å². The molecule has 1 aromatic heterocycles. The van der Waals surface area contributed by atoms with Crippen molar-refractivity contribution >= 4 is 11.9 Å². The van der Waals surface area contributed by atoms with Gasteiger partial charge in [-0.1, -0.05) is 12.1 Å². The SMILES string of the molecule is CCOC(=O)c1cnc(NC2(c3ccc(C(F)(F)F)cc3)CC2)nc1. The Kier molecular flexibility index (Phi) is 4.36. The zero-order valence-electron chi connectivity index (χ0n) is 13.4. The first-order chi connectivity index (χ1) is 11.8. The number of halogens is 3. The lowest BCUT2D eigenvalue weighted by Gasteiger charge is -2.18. The molecule has 132 valence electrons. The Morgan fingerprint density at radius 3 is 2.28 bits per heavy atom. The molecule has 3 rings (SSSR count). The number of nitrogens with one attached hydrogen (secondary N) is 1. The van der Waals surface area contributed by atoms with Crippen molar-refractivity contribution in [2.45, 2.75) is 31.5 Å². The normalized spacial score (nSPS) is 15.5. The van der Waals surface area contributed by atoms with Gasteiger partial charge in [0.25, 0.3) is 0 Å². The number of rotatable bonds is 5. The van der Waals surface area contributed by atoms with Gasteiger partial charge in [-0.05, 0) is 37.5 Å². The van der Waals surface area contributed by atoms with Crippen molar-refractivity contribution in [2.24, 2.45) is 0 Å². The molecule has 1 aromatic carbocycles. The van der Waals surface area contributed by atoms with E-state index in [1.807, 2.05) is 0 Å². The van der Waals surface area contributed by atoms with Gasteiger partial charge in [-0.15, -0.1) is 0 Å². The second-order valence-electron chi connectivity index (χ2n) is 5.80. The number of anilines is 1. The molecule has 0 bridgehead atoms. The number of carbonyl (C=O) groups is 1. The molecule has 1 aliphatic rings. The first-order valence-electron chi connectivity index (χ1n) is 7.79. The van der Waals surface area contributed by atoms with Crippen LogP contribution in [0.25, 0.3) is 0 Å². The number of hydrogen-bond acceptors (Lipinski definition) is 5. The first kappa shape index (κ1) is 17.2. The van der Waals surface area contributed by atoms with E-state index >= 15 is 0 Å². The van der Waals surface area contributed by atoms with Gasteiger partial charge < -0.3 is 10.1 Å². The number of alkyl halides is 3. The predicted molar refractivity (Wildman–Crippen MR) is 84.0 cm³/mol. The highest BCUT2D eigenvalue weighted by molar-refractivity contribution is 5.88. The average molecular weight is 351 g/mol. The summed E-state index contributed by atoms with van der Waals surface area (Å²) in [6.07, 6.45) is -0.107. The summed E-state index contributed by atoms with van der Waals surface area (Å²) in [7, 11) is 0. The fourth-order valence-electron chi connectivity index (χ4n) is 2.52. The number of hydrogen-bond donors (Lipinski definition) is 1. The standard InChI is InChI=1S/C17H16F3N3O2/c1-2-25-14(24)11-9-21-15(22-10-11)23-16(7-8-16)12-3-5-13(6-4-12)17(18,19)20/h3-6,9-10H,2,7-8H2,1H3,(H,21,22,23). The molecule has 1 aliphatic carbocycles. The maximum Gasteiger partial charge on any atom is 0.416 e. The molecule has 0 amide bonds. The van der Waals surface area contributed by atoms with Crippen LogP contribution in [0.4, 0.5) is 19.1 Å². The van der Waals surface area contributed by atoms with Crippen molar-refractivity contribution in [3.63, 3.8) is 0 Å². The molecule has 1 fully saturated rings. The van der Waals surface area contributed by atoms with E-state index < -0.39 is 23.2 Å². The molecule has 0 atom stereocenters. The number of esters is 1. The third-order valence-corrected chi connectivity index (χ3v) is 4.03. The summed E-state index contributed by atoms with van der Waals surface area (Å²) < 4.78 is 42.8. The molecule has 25 heavy (non-hydrogen) atoms. The minimum absolute atomic E-state index is 0.242. The van der Waals surface area contributed by atoms with Crippen LogP contribution in [0.3, 0.4) is 0 Å². The summed E-state index contributed by atoms with van der Waals surface area (Å²) in [4.78, 5) is 19.7. The van der Waals surface area contributed by atoms with Crippen LogP contribution in [0, 0.1) is 0 Å². The van der Waals surface area contributed by atoms with Crippen molar-refractivity contribution in [3.05, 3.63) is 53.3 Å². The van der Waals surface area contributed by atoms with Crippen LogP contribution in [0.1, 0.15) is 41.3 Å². The topological polar surface area (TPSA) is 64.1 Å². The Morgan fingerprint density at radius 1 is 1.20 bits per heavy atom. The highest BCUT2D eigenvalue weighted by Crippen LogP contribution is 2.48. The van der Waals surface area contributed by atoms with Gasteiger partial charge in [0.15, 0.2) is 0 Å². The highest BCUT2D eigenvalue weighted by atomic mass is 19.4. The van der Waals surface area contributed by atoms with Gasteiger partial charge in [-0.2, -0.15) is 13.2 Å². The summed E-state index contributed by atoms with van der Waals surface area (Å²) >= 11 is 0. The number of nitrogens with zero attached hydrogens (tertiary/aromatic N) is 2. The van der Waals surface area contributed by atoms with Gasteiger partial charge >= 0.3 is 12.1 Å². The molecule has 5 nitrogen and oxygen atoms in total. The summed E-state index contributed by atoms with van der Waals surface area (Å²) in [5.41, 5.74) is -0.150. The summed E-state index contributed by atoms with van der Waals surface area (Å²) in [6, 6.07) is 5.08. The van der Waals surface area contributed by atoms with E-state index in [2.05, 4.69) is 15.3 Å². The van der Waals surface area contributed by atoms with E-state index in [1.54, 1.807) is 6.92 Å². The van der Waals surface area contributed by atoms with Gasteiger partial charge in [0, 0.05) is 12.4 Å². The molecule has 1 heterocycles. The van der Waals surface area contributed by atoms with Crippen molar-refractivity contribution in [3.8, 4) is 0 Å². The monoisotopic (exact) mass is 351 g/mol. The lowest BCUT2D eigenvalue weighted by molar-refractivity contribution is -0.137. The van der Waals surface area contributed by atoms with Crippen LogP contribution in [0.2, 0.25) is 0 Å². The van der Waals surface area contributed by atoms with E-state index in [4.69, 9.17) is 4.74 Å². The lowest BCUT2D eigenvalue weighted by atomic mass is 10.0. The molecule has 1 saturated carbocycles. The minimum Gasteiger partial charge on any atom is -0.462 e. The molecule has 0 spiro atoms. The second kappa shape index (κ2) is 6.34. The third kappa shape index (κ3) is 3.72. The number of ether oxygens (including phenoxy) is 1. The lowest BCUT2D eigenvalue weighted by Crippen LogP contribution is -2.21. The van der Waals surface area contributed by atoms with E-state index in [-0.39, 0.29) is 12.2 Å². The van der Waals surface area contributed by atoms with E-state index in [0.29, 0.717) is 5.95 Å². The average Bonchev–Trinajstić information content (AvgIpc) is 3.36. The van der Waals surface area contributed by atoms with E-state index in [1.165, 1.54) is 24.5 Å². The Bertz CT molecular complexity index is 754. The molecule has 8 heteroatoms. The predicted octanol–water partition coefficient (Wildman–Crippen LogP) is 3.77. The van der Waals surface area contributed by atoms with Gasteiger partial charge in [0.1, 0.15) is 0 Å². The molecular weight excluding hydrogens is 335 g/mol. The zero-order valence-corrected chi connectivity index (χ0v) is 13.4.